The van der Waals surface area contributed by atoms with Gasteiger partial charge in [-0.25, -0.2) is 4.79 Å². The molecular formula is C24H29NO6. The number of hydrogen-bond acceptors (Lipinski definition) is 7. The Kier molecular flexibility index (Phi) is 6.83. The van der Waals surface area contributed by atoms with Crippen molar-refractivity contribution in [1.82, 2.24) is 4.90 Å². The molecule has 31 heavy (non-hydrogen) atoms. The van der Waals surface area contributed by atoms with Gasteiger partial charge in [-0.1, -0.05) is 30.3 Å². The van der Waals surface area contributed by atoms with E-state index >= 15 is 0 Å². The highest BCUT2D eigenvalue weighted by molar-refractivity contribution is 6.01. The van der Waals surface area contributed by atoms with E-state index in [1.165, 1.54) is 31.4 Å². The highest BCUT2D eigenvalue weighted by Gasteiger charge is 2.51. The van der Waals surface area contributed by atoms with E-state index in [0.29, 0.717) is 12.1 Å². The quantitative estimate of drug-likeness (QED) is 0.309. The third-order valence-corrected chi connectivity index (χ3v) is 5.73. The molecule has 0 unspecified atom stereocenters. The lowest BCUT2D eigenvalue weighted by molar-refractivity contribution is -0.169. The molecule has 7 heteroatoms. The molecule has 0 atom stereocenters. The summed E-state index contributed by atoms with van der Waals surface area (Å²) in [6, 6.07) is 8.25. The molecule has 0 fully saturated rings. The summed E-state index contributed by atoms with van der Waals surface area (Å²) in [5, 5.41) is 0. The first-order valence-corrected chi connectivity index (χ1v) is 10.4. The highest BCUT2D eigenvalue weighted by atomic mass is 16.5. The molecule has 1 heterocycles. The van der Waals surface area contributed by atoms with Gasteiger partial charge in [0.25, 0.3) is 0 Å². The van der Waals surface area contributed by atoms with Crippen molar-refractivity contribution in [3.8, 4) is 0 Å². The molecule has 1 aliphatic heterocycles. The number of esters is 3. The molecule has 1 aromatic rings. The van der Waals surface area contributed by atoms with Crippen LogP contribution in [-0.4, -0.2) is 49.7 Å². The number of allylic oxidation sites excluding steroid dienone is 2. The Bertz CT molecular complexity index is 914. The summed E-state index contributed by atoms with van der Waals surface area (Å²) in [4.78, 5) is 39.9. The number of nitrogens with zero attached hydrogens (tertiary/aromatic N) is 1. The van der Waals surface area contributed by atoms with Crippen molar-refractivity contribution in [2.24, 2.45) is 5.41 Å². The van der Waals surface area contributed by atoms with Crippen molar-refractivity contribution >= 4 is 17.9 Å². The number of ether oxygens (including phenoxy) is 3. The Morgan fingerprint density at radius 1 is 1.06 bits per heavy atom. The molecule has 166 valence electrons. The molecule has 0 radical (unpaired) electrons. The molecule has 0 amide bonds. The molecule has 0 spiro atoms. The molecular weight excluding hydrogens is 398 g/mol. The molecule has 2 aliphatic rings. The van der Waals surface area contributed by atoms with Crippen LogP contribution in [0.4, 0.5) is 0 Å². The maximum absolute atomic E-state index is 12.6. The molecule has 1 aromatic carbocycles. The van der Waals surface area contributed by atoms with Crippen molar-refractivity contribution in [3.63, 3.8) is 0 Å². The highest BCUT2D eigenvalue weighted by Crippen LogP contribution is 2.42. The molecule has 0 bridgehead atoms. The van der Waals surface area contributed by atoms with E-state index in [2.05, 4.69) is 17.0 Å². The SMILES string of the molecule is COC(=O)C1(C(=O)OC)CC=C(N2CCc3ccccc3C2)/C(=C/C(=O)OC(C)C)C1. The first-order valence-electron chi connectivity index (χ1n) is 10.4. The zero-order valence-corrected chi connectivity index (χ0v) is 18.5. The molecule has 0 saturated carbocycles. The number of methoxy groups -OCH3 is 2. The minimum Gasteiger partial charge on any atom is -0.468 e. The van der Waals surface area contributed by atoms with Gasteiger partial charge in [0.2, 0.25) is 0 Å². The monoisotopic (exact) mass is 427 g/mol. The first kappa shape index (κ1) is 22.6. The summed E-state index contributed by atoms with van der Waals surface area (Å²) >= 11 is 0. The molecule has 0 N–H and O–H groups in total. The fraction of sp³-hybridized carbons (Fsp3) is 0.458. The van der Waals surface area contributed by atoms with Gasteiger partial charge in [-0.05, 0) is 43.4 Å². The van der Waals surface area contributed by atoms with Gasteiger partial charge >= 0.3 is 17.9 Å². The minimum absolute atomic E-state index is 0.00349. The van der Waals surface area contributed by atoms with Crippen molar-refractivity contribution < 1.29 is 28.6 Å². The zero-order chi connectivity index (χ0) is 22.6. The minimum atomic E-state index is -1.52. The Morgan fingerprint density at radius 3 is 2.32 bits per heavy atom. The Labute approximate surface area is 182 Å². The van der Waals surface area contributed by atoms with Crippen LogP contribution >= 0.6 is 0 Å². The van der Waals surface area contributed by atoms with Crippen LogP contribution in [0.3, 0.4) is 0 Å². The topological polar surface area (TPSA) is 82.1 Å². The van der Waals surface area contributed by atoms with Gasteiger partial charge in [-0.3, -0.25) is 9.59 Å². The third-order valence-electron chi connectivity index (χ3n) is 5.73. The van der Waals surface area contributed by atoms with Crippen LogP contribution in [0.25, 0.3) is 0 Å². The van der Waals surface area contributed by atoms with E-state index in [1.54, 1.807) is 13.8 Å². The lowest BCUT2D eigenvalue weighted by Crippen LogP contribution is -2.44. The summed E-state index contributed by atoms with van der Waals surface area (Å²) in [6.07, 6.45) is 3.94. The lowest BCUT2D eigenvalue weighted by atomic mass is 9.73. The number of fused-ring (bicyclic) bond motifs is 1. The first-order chi connectivity index (χ1) is 14.8. The normalized spacial score (nSPS) is 18.8. The Morgan fingerprint density at radius 2 is 1.71 bits per heavy atom. The molecule has 0 saturated heterocycles. The predicted octanol–water partition coefficient (Wildman–Crippen LogP) is 2.93. The number of rotatable bonds is 5. The maximum Gasteiger partial charge on any atom is 0.331 e. The molecule has 7 nitrogen and oxygen atoms in total. The predicted molar refractivity (Wildman–Crippen MR) is 114 cm³/mol. The summed E-state index contributed by atoms with van der Waals surface area (Å²) in [5.41, 5.74) is 2.39. The zero-order valence-electron chi connectivity index (χ0n) is 18.5. The summed E-state index contributed by atoms with van der Waals surface area (Å²) in [6.45, 7) is 4.98. The van der Waals surface area contributed by atoms with Crippen LogP contribution in [0, 0.1) is 5.41 Å². The summed E-state index contributed by atoms with van der Waals surface area (Å²) < 4.78 is 15.2. The smallest absolute Gasteiger partial charge is 0.331 e. The van der Waals surface area contributed by atoms with Crippen molar-refractivity contribution in [2.45, 2.75) is 45.8 Å². The van der Waals surface area contributed by atoms with Crippen LogP contribution < -0.4 is 0 Å². The van der Waals surface area contributed by atoms with Gasteiger partial charge in [0.05, 0.1) is 20.3 Å². The second-order valence-corrected chi connectivity index (χ2v) is 8.13. The van der Waals surface area contributed by atoms with Crippen LogP contribution in [0.15, 0.2) is 47.7 Å². The van der Waals surface area contributed by atoms with Gasteiger partial charge in [-0.2, -0.15) is 0 Å². The second kappa shape index (κ2) is 9.37. The maximum atomic E-state index is 12.6. The van der Waals surface area contributed by atoms with Crippen LogP contribution in [0.5, 0.6) is 0 Å². The van der Waals surface area contributed by atoms with Gasteiger partial charge in [0.15, 0.2) is 5.41 Å². The Hall–Kier alpha value is -3.09. The summed E-state index contributed by atoms with van der Waals surface area (Å²) in [5.74, 6) is -1.87. The third kappa shape index (κ3) is 4.65. The fourth-order valence-corrected chi connectivity index (χ4v) is 4.24. The van der Waals surface area contributed by atoms with Crippen LogP contribution in [0.2, 0.25) is 0 Å². The number of benzene rings is 1. The van der Waals surface area contributed by atoms with Crippen molar-refractivity contribution in [3.05, 3.63) is 58.8 Å². The van der Waals surface area contributed by atoms with E-state index in [4.69, 9.17) is 14.2 Å². The Balaban J connectivity index is 2.01. The summed E-state index contributed by atoms with van der Waals surface area (Å²) in [7, 11) is 2.48. The van der Waals surface area contributed by atoms with Crippen molar-refractivity contribution in [1.29, 1.82) is 0 Å². The van der Waals surface area contributed by atoms with E-state index < -0.39 is 23.3 Å². The van der Waals surface area contributed by atoms with Gasteiger partial charge < -0.3 is 19.1 Å². The average Bonchev–Trinajstić information content (AvgIpc) is 2.76. The van der Waals surface area contributed by atoms with E-state index in [0.717, 1.165) is 18.7 Å². The van der Waals surface area contributed by atoms with Gasteiger partial charge in [-0.15, -0.1) is 0 Å². The number of carbonyl (C=O) groups is 3. The average molecular weight is 427 g/mol. The molecule has 1 aliphatic carbocycles. The van der Waals surface area contributed by atoms with E-state index in [-0.39, 0.29) is 18.9 Å². The van der Waals surface area contributed by atoms with Crippen LogP contribution in [0.1, 0.15) is 37.8 Å². The molecule has 0 aromatic heterocycles. The van der Waals surface area contributed by atoms with E-state index in [9.17, 15) is 14.4 Å². The number of carbonyl (C=O) groups excluding carboxylic acids is 3. The van der Waals surface area contributed by atoms with Gasteiger partial charge in [0, 0.05) is 31.3 Å². The lowest BCUT2D eigenvalue weighted by Gasteiger charge is -2.39. The standard InChI is InChI=1S/C24H29NO6/c1-16(2)31-21(26)13-19-14-24(22(27)29-3,23(28)30-4)11-9-20(19)25-12-10-17-7-5-6-8-18(17)15-25/h5-9,13,16H,10-12,14-15H2,1-4H3/b19-13+. The fourth-order valence-electron chi connectivity index (χ4n) is 4.24. The molecule has 3 rings (SSSR count). The van der Waals surface area contributed by atoms with Gasteiger partial charge in [0.1, 0.15) is 0 Å². The van der Waals surface area contributed by atoms with Crippen molar-refractivity contribution in [2.75, 3.05) is 20.8 Å². The second-order valence-electron chi connectivity index (χ2n) is 8.13. The van der Waals surface area contributed by atoms with Crippen LogP contribution in [-0.2, 0) is 41.6 Å². The largest absolute Gasteiger partial charge is 0.468 e. The number of hydrogen-bond donors (Lipinski definition) is 0. The van der Waals surface area contributed by atoms with E-state index in [1.807, 2.05) is 18.2 Å².